The third-order valence-electron chi connectivity index (χ3n) is 5.25. The van der Waals surface area contributed by atoms with Crippen LogP contribution in [0.3, 0.4) is 0 Å². The fraction of sp³-hybridized carbons (Fsp3) is 0.304. The van der Waals surface area contributed by atoms with Gasteiger partial charge in [-0.2, -0.15) is 0 Å². The predicted molar refractivity (Wildman–Crippen MR) is 117 cm³/mol. The molecule has 0 spiro atoms. The van der Waals surface area contributed by atoms with Crippen LogP contribution >= 0.6 is 0 Å². The summed E-state index contributed by atoms with van der Waals surface area (Å²) in [6.45, 7) is 0.375. The van der Waals surface area contributed by atoms with Crippen LogP contribution in [0.1, 0.15) is 24.0 Å². The van der Waals surface area contributed by atoms with Crippen LogP contribution in [-0.4, -0.2) is 65.9 Å². The monoisotopic (exact) mass is 455 g/mol. The van der Waals surface area contributed by atoms with Crippen molar-refractivity contribution < 1.29 is 34.1 Å². The molecule has 1 aliphatic carbocycles. The molecule has 174 valence electrons. The molecule has 2 aromatic rings. The molecule has 3 rings (SSSR count). The van der Waals surface area contributed by atoms with Crippen molar-refractivity contribution in [3.8, 4) is 11.1 Å². The Labute approximate surface area is 189 Å². The molecule has 0 saturated carbocycles. The summed E-state index contributed by atoms with van der Waals surface area (Å²) in [5.41, 5.74) is 4.32. The molecule has 0 heterocycles. The van der Waals surface area contributed by atoms with Gasteiger partial charge in [-0.3, -0.25) is 9.59 Å². The molecule has 5 N–H and O–H groups in total. The number of benzene rings is 2. The van der Waals surface area contributed by atoms with Crippen LogP contribution < -0.4 is 16.0 Å². The number of carbonyl (C=O) groups is 4. The number of aliphatic carboxylic acids is 1. The summed E-state index contributed by atoms with van der Waals surface area (Å²) in [5, 5.41) is 24.9. The minimum atomic E-state index is -1.49. The zero-order valence-corrected chi connectivity index (χ0v) is 17.9. The summed E-state index contributed by atoms with van der Waals surface area (Å²) in [5.74, 6) is -2.97. The van der Waals surface area contributed by atoms with Crippen molar-refractivity contribution in [2.45, 2.75) is 25.0 Å². The number of alkyl carbamates (subject to hydrolysis) is 1. The van der Waals surface area contributed by atoms with Gasteiger partial charge in [-0.05, 0) is 29.2 Å². The number of aliphatic hydroxyl groups excluding tert-OH is 1. The van der Waals surface area contributed by atoms with E-state index in [1.807, 2.05) is 48.5 Å². The van der Waals surface area contributed by atoms with Gasteiger partial charge in [0.2, 0.25) is 11.8 Å². The molecule has 2 atom stereocenters. The highest BCUT2D eigenvalue weighted by Gasteiger charge is 2.29. The van der Waals surface area contributed by atoms with Gasteiger partial charge < -0.3 is 30.9 Å². The highest BCUT2D eigenvalue weighted by molar-refractivity contribution is 5.89. The van der Waals surface area contributed by atoms with E-state index < -0.39 is 49.1 Å². The summed E-state index contributed by atoms with van der Waals surface area (Å²) in [7, 11) is 0. The third kappa shape index (κ3) is 5.86. The lowest BCUT2D eigenvalue weighted by molar-refractivity contribution is -0.144. The van der Waals surface area contributed by atoms with E-state index in [0.717, 1.165) is 22.3 Å². The minimum absolute atomic E-state index is 0.0970. The van der Waals surface area contributed by atoms with Crippen molar-refractivity contribution in [1.29, 1.82) is 0 Å². The van der Waals surface area contributed by atoms with Crippen LogP contribution in [0.4, 0.5) is 4.79 Å². The van der Waals surface area contributed by atoms with Gasteiger partial charge in [0, 0.05) is 5.92 Å². The Kier molecular flexibility index (Phi) is 7.62. The van der Waals surface area contributed by atoms with E-state index in [1.54, 1.807) is 0 Å². The van der Waals surface area contributed by atoms with Crippen molar-refractivity contribution in [3.05, 3.63) is 59.7 Å². The first-order valence-electron chi connectivity index (χ1n) is 10.3. The molecule has 2 aromatic carbocycles. The Morgan fingerprint density at radius 1 is 0.909 bits per heavy atom. The molecule has 10 nitrogen and oxygen atoms in total. The number of carboxylic acid groups (broad SMARTS) is 1. The van der Waals surface area contributed by atoms with E-state index in [0.29, 0.717) is 0 Å². The molecule has 10 heteroatoms. The number of amides is 3. The number of fused-ring (bicyclic) bond motifs is 3. The second-order valence-corrected chi connectivity index (χ2v) is 7.58. The Balaban J connectivity index is 1.43. The highest BCUT2D eigenvalue weighted by atomic mass is 16.5. The highest BCUT2D eigenvalue weighted by Crippen LogP contribution is 2.44. The molecule has 0 bridgehead atoms. The van der Waals surface area contributed by atoms with E-state index in [4.69, 9.17) is 9.84 Å². The van der Waals surface area contributed by atoms with Gasteiger partial charge in [0.1, 0.15) is 13.2 Å². The molecule has 0 saturated heterocycles. The molecular weight excluding hydrogens is 430 g/mol. The number of aliphatic hydroxyl groups is 1. The SMILES string of the molecule is CC(O)C(NC(=O)CNC(=O)CNC(=O)OCC1c2ccccc2-c2ccccc21)C(=O)O. The lowest BCUT2D eigenvalue weighted by atomic mass is 9.98. The fourth-order valence-electron chi connectivity index (χ4n) is 3.66. The van der Waals surface area contributed by atoms with Gasteiger partial charge in [-0.1, -0.05) is 48.5 Å². The number of rotatable bonds is 9. The Morgan fingerprint density at radius 2 is 1.45 bits per heavy atom. The lowest BCUT2D eigenvalue weighted by Crippen LogP contribution is -2.51. The average molecular weight is 455 g/mol. The number of carbonyl (C=O) groups excluding carboxylic acids is 3. The number of hydrogen-bond acceptors (Lipinski definition) is 6. The molecule has 0 radical (unpaired) electrons. The van der Waals surface area contributed by atoms with Crippen LogP contribution in [-0.2, 0) is 19.1 Å². The second kappa shape index (κ2) is 10.6. The summed E-state index contributed by atoms with van der Waals surface area (Å²) < 4.78 is 5.32. The van der Waals surface area contributed by atoms with Gasteiger partial charge in [0.15, 0.2) is 6.04 Å². The Bertz CT molecular complexity index is 1010. The quantitative estimate of drug-likeness (QED) is 0.371. The van der Waals surface area contributed by atoms with Crippen molar-refractivity contribution in [2.24, 2.45) is 0 Å². The smallest absolute Gasteiger partial charge is 0.407 e. The largest absolute Gasteiger partial charge is 0.480 e. The van der Waals surface area contributed by atoms with Crippen molar-refractivity contribution in [3.63, 3.8) is 0 Å². The third-order valence-corrected chi connectivity index (χ3v) is 5.25. The maximum atomic E-state index is 12.1. The summed E-state index contributed by atoms with van der Waals surface area (Å²) in [4.78, 5) is 46.6. The number of carboxylic acids is 1. The van der Waals surface area contributed by atoms with Crippen LogP contribution in [0.15, 0.2) is 48.5 Å². The van der Waals surface area contributed by atoms with E-state index >= 15 is 0 Å². The van der Waals surface area contributed by atoms with Gasteiger partial charge in [-0.25, -0.2) is 9.59 Å². The van der Waals surface area contributed by atoms with Gasteiger partial charge in [-0.15, -0.1) is 0 Å². The van der Waals surface area contributed by atoms with E-state index in [-0.39, 0.29) is 12.5 Å². The number of nitrogens with one attached hydrogen (secondary N) is 3. The van der Waals surface area contributed by atoms with Crippen molar-refractivity contribution >= 4 is 23.9 Å². The van der Waals surface area contributed by atoms with Gasteiger partial charge in [0.05, 0.1) is 12.6 Å². The molecule has 0 aliphatic heterocycles. The van der Waals surface area contributed by atoms with E-state index in [1.165, 1.54) is 6.92 Å². The maximum absolute atomic E-state index is 12.1. The molecule has 0 aromatic heterocycles. The molecule has 1 aliphatic rings. The minimum Gasteiger partial charge on any atom is -0.480 e. The molecule has 3 amide bonds. The van der Waals surface area contributed by atoms with Crippen LogP contribution in [0.5, 0.6) is 0 Å². The summed E-state index contributed by atoms with van der Waals surface area (Å²) >= 11 is 0. The predicted octanol–water partition coefficient (Wildman–Crippen LogP) is 0.592. The van der Waals surface area contributed by atoms with Crippen molar-refractivity contribution in [1.82, 2.24) is 16.0 Å². The zero-order valence-electron chi connectivity index (χ0n) is 17.9. The van der Waals surface area contributed by atoms with Gasteiger partial charge in [0.25, 0.3) is 0 Å². The maximum Gasteiger partial charge on any atom is 0.407 e. The first-order chi connectivity index (χ1) is 15.8. The molecule has 33 heavy (non-hydrogen) atoms. The van der Waals surface area contributed by atoms with Gasteiger partial charge >= 0.3 is 12.1 Å². The van der Waals surface area contributed by atoms with Crippen LogP contribution in [0, 0.1) is 0 Å². The van der Waals surface area contributed by atoms with E-state index in [9.17, 15) is 24.3 Å². The topological polar surface area (TPSA) is 154 Å². The van der Waals surface area contributed by atoms with Crippen molar-refractivity contribution in [2.75, 3.05) is 19.7 Å². The van der Waals surface area contributed by atoms with E-state index in [2.05, 4.69) is 16.0 Å². The first kappa shape index (κ1) is 23.7. The zero-order chi connectivity index (χ0) is 24.0. The average Bonchev–Trinajstić information content (AvgIpc) is 3.11. The number of ether oxygens (including phenoxy) is 1. The fourth-order valence-corrected chi connectivity index (χ4v) is 3.66. The lowest BCUT2D eigenvalue weighted by Gasteiger charge is -2.17. The molecule has 0 fully saturated rings. The first-order valence-corrected chi connectivity index (χ1v) is 10.3. The Hall–Kier alpha value is -3.92. The molecule has 2 unspecified atom stereocenters. The van der Waals surface area contributed by atoms with Crippen LogP contribution in [0.2, 0.25) is 0 Å². The molecular formula is C23H25N3O7. The second-order valence-electron chi connectivity index (χ2n) is 7.58. The summed E-state index contributed by atoms with van der Waals surface area (Å²) in [6.07, 6.45) is -2.09. The Morgan fingerprint density at radius 3 is 2.00 bits per heavy atom. The normalized spacial score (nSPS) is 13.8. The standard InChI is InChI=1S/C23H25N3O7/c1-13(27)21(22(30)31)26-20(29)11-24-19(28)10-25-23(32)33-12-18-16-8-4-2-6-14(16)15-7-3-5-9-17(15)18/h2-9,13,18,21,27H,10-12H2,1H3,(H,24,28)(H,25,32)(H,26,29)(H,30,31). The number of hydrogen-bond donors (Lipinski definition) is 5. The van der Waals surface area contributed by atoms with Crippen LogP contribution in [0.25, 0.3) is 11.1 Å². The summed E-state index contributed by atoms with van der Waals surface area (Å²) in [6, 6.07) is 14.3.